The van der Waals surface area contributed by atoms with E-state index >= 15 is 4.39 Å². The Morgan fingerprint density at radius 2 is 1.93 bits per heavy atom. The van der Waals surface area contributed by atoms with E-state index in [4.69, 9.17) is 4.74 Å². The van der Waals surface area contributed by atoms with E-state index in [1.165, 1.54) is 22.9 Å². The molecule has 2 aliphatic heterocycles. The second kappa shape index (κ2) is 6.62. The number of likely N-dealkylation sites (N-methyl/N-ethyl adjacent to an activating group) is 1. The molecular weight excluding hydrogens is 387 g/mol. The van der Waals surface area contributed by atoms with Crippen molar-refractivity contribution in [2.75, 3.05) is 16.8 Å². The summed E-state index contributed by atoms with van der Waals surface area (Å²) < 4.78 is 20.9. The van der Waals surface area contributed by atoms with E-state index in [9.17, 15) is 9.59 Å². The monoisotopic (exact) mass is 404 g/mol. The van der Waals surface area contributed by atoms with Gasteiger partial charge in [-0.2, -0.15) is 4.98 Å². The van der Waals surface area contributed by atoms with Crippen molar-refractivity contribution in [1.29, 1.82) is 0 Å². The summed E-state index contributed by atoms with van der Waals surface area (Å²) in [5, 5.41) is 0. The van der Waals surface area contributed by atoms with Crippen LogP contribution in [0.3, 0.4) is 0 Å². The van der Waals surface area contributed by atoms with Crippen molar-refractivity contribution in [2.24, 2.45) is 0 Å². The van der Waals surface area contributed by atoms with Crippen LogP contribution in [0.2, 0.25) is 0 Å². The lowest BCUT2D eigenvalue weighted by atomic mass is 9.99. The quantitative estimate of drug-likeness (QED) is 0.656. The Labute approximate surface area is 171 Å². The highest BCUT2D eigenvalue weighted by atomic mass is 19.1. The Bertz CT molecular complexity index is 1180. The van der Waals surface area contributed by atoms with Crippen LogP contribution in [0, 0.1) is 5.82 Å². The molecule has 0 saturated heterocycles. The Hall–Kier alpha value is -3.81. The molecule has 0 saturated carbocycles. The molecule has 0 radical (unpaired) electrons. The third kappa shape index (κ3) is 2.57. The van der Waals surface area contributed by atoms with Crippen molar-refractivity contribution in [1.82, 2.24) is 9.97 Å². The molecule has 5 rings (SSSR count). The number of halogens is 1. The highest BCUT2D eigenvalue weighted by molar-refractivity contribution is 6.11. The number of ether oxygens (including phenoxy) is 1. The average molecular weight is 404 g/mol. The molecule has 0 spiro atoms. The summed E-state index contributed by atoms with van der Waals surface area (Å²) >= 11 is 0. The van der Waals surface area contributed by atoms with Gasteiger partial charge in [-0.1, -0.05) is 24.3 Å². The van der Waals surface area contributed by atoms with Gasteiger partial charge in [-0.3, -0.25) is 19.5 Å². The molecule has 0 aliphatic carbocycles. The zero-order chi connectivity index (χ0) is 21.0. The van der Waals surface area contributed by atoms with E-state index in [2.05, 4.69) is 9.97 Å². The number of nitrogens with zero attached hydrogens (tertiary/aromatic N) is 4. The average Bonchev–Trinajstić information content (AvgIpc) is 3.06. The molecule has 2 atom stereocenters. The minimum atomic E-state index is -0.756. The Morgan fingerprint density at radius 3 is 2.70 bits per heavy atom. The second-order valence-electron chi connectivity index (χ2n) is 7.23. The topological polar surface area (TPSA) is 75.6 Å². The zero-order valence-electron chi connectivity index (χ0n) is 16.2. The fourth-order valence-electron chi connectivity index (χ4n) is 3.96. The molecule has 4 heterocycles. The van der Waals surface area contributed by atoms with Crippen LogP contribution in [0.1, 0.15) is 34.5 Å². The molecule has 3 aromatic rings. The maximum Gasteiger partial charge on any atom is 0.267 e. The summed E-state index contributed by atoms with van der Waals surface area (Å²) in [5.74, 6) is -1.43. The van der Waals surface area contributed by atoms with Gasteiger partial charge in [0.25, 0.3) is 11.8 Å². The van der Waals surface area contributed by atoms with Crippen molar-refractivity contribution in [3.8, 4) is 5.88 Å². The molecule has 0 N–H and O–H groups in total. The van der Waals surface area contributed by atoms with Gasteiger partial charge in [0.05, 0.1) is 6.04 Å². The summed E-state index contributed by atoms with van der Waals surface area (Å²) in [4.78, 5) is 36.6. The third-order valence-electron chi connectivity index (χ3n) is 5.42. The molecule has 2 aliphatic rings. The molecule has 0 bridgehead atoms. The number of hydrogen-bond acceptors (Lipinski definition) is 5. The predicted molar refractivity (Wildman–Crippen MR) is 107 cm³/mol. The molecular formula is C22H17FN4O3. The minimum Gasteiger partial charge on any atom is -0.463 e. The number of anilines is 2. The van der Waals surface area contributed by atoms with E-state index < -0.39 is 18.0 Å². The summed E-state index contributed by atoms with van der Waals surface area (Å²) in [6.45, 7) is 1.60. The Balaban J connectivity index is 1.69. The Kier molecular flexibility index (Phi) is 4.02. The van der Waals surface area contributed by atoms with Gasteiger partial charge in [-0.15, -0.1) is 0 Å². The zero-order valence-corrected chi connectivity index (χ0v) is 16.2. The lowest BCUT2D eigenvalue weighted by Crippen LogP contribution is -2.42. The van der Waals surface area contributed by atoms with Crippen LogP contribution in [0.4, 0.5) is 15.9 Å². The van der Waals surface area contributed by atoms with Gasteiger partial charge in [0.2, 0.25) is 5.88 Å². The third-order valence-corrected chi connectivity index (χ3v) is 5.42. The van der Waals surface area contributed by atoms with Crippen molar-refractivity contribution in [3.63, 3.8) is 0 Å². The van der Waals surface area contributed by atoms with Gasteiger partial charge in [0.15, 0.2) is 17.7 Å². The SMILES string of the molecule is C[C@H]1Oc2nc(N3C(=O)c4ccccc4C3c3cccnc3)c(F)cc2N(C)C1=O. The first-order valence-corrected chi connectivity index (χ1v) is 9.44. The first-order chi connectivity index (χ1) is 14.5. The van der Waals surface area contributed by atoms with E-state index in [1.54, 1.807) is 37.5 Å². The maximum atomic E-state index is 15.2. The number of pyridine rings is 2. The predicted octanol–water partition coefficient (Wildman–Crippen LogP) is 3.11. The lowest BCUT2D eigenvalue weighted by Gasteiger charge is -2.31. The largest absolute Gasteiger partial charge is 0.463 e. The van der Waals surface area contributed by atoms with Crippen molar-refractivity contribution in [3.05, 3.63) is 77.4 Å². The Morgan fingerprint density at radius 1 is 1.13 bits per heavy atom. The number of carbonyl (C=O) groups is 2. The second-order valence-corrected chi connectivity index (χ2v) is 7.23. The van der Waals surface area contributed by atoms with Crippen LogP contribution < -0.4 is 14.5 Å². The molecule has 150 valence electrons. The van der Waals surface area contributed by atoms with Gasteiger partial charge >= 0.3 is 0 Å². The van der Waals surface area contributed by atoms with Crippen molar-refractivity contribution in [2.45, 2.75) is 19.1 Å². The van der Waals surface area contributed by atoms with Crippen molar-refractivity contribution >= 4 is 23.3 Å². The van der Waals surface area contributed by atoms with E-state index in [0.717, 1.165) is 11.1 Å². The van der Waals surface area contributed by atoms with Crippen LogP contribution in [0.15, 0.2) is 54.9 Å². The fourth-order valence-corrected chi connectivity index (χ4v) is 3.96. The summed E-state index contributed by atoms with van der Waals surface area (Å²) in [6, 6.07) is 11.3. The number of carbonyl (C=O) groups excluding carboxylic acids is 2. The molecule has 8 heteroatoms. The maximum absolute atomic E-state index is 15.2. The van der Waals surface area contributed by atoms with Crippen LogP contribution >= 0.6 is 0 Å². The van der Waals surface area contributed by atoms with Crippen LogP contribution in [-0.4, -0.2) is 34.9 Å². The van der Waals surface area contributed by atoms with Crippen LogP contribution in [0.25, 0.3) is 0 Å². The summed E-state index contributed by atoms with van der Waals surface area (Å²) in [6.07, 6.45) is 2.53. The minimum absolute atomic E-state index is 0.106. The standard InChI is InChI=1S/C22H17FN4O3/c1-12-21(28)26(2)17-10-16(23)19(25-20(17)30-12)27-18(13-6-5-9-24-11-13)14-7-3-4-8-15(14)22(27)29/h3-12,18H,1-2H3/t12-,18?/m1/s1. The molecule has 2 amide bonds. The normalized spacial score (nSPS) is 20.1. The number of rotatable bonds is 2. The van der Waals surface area contributed by atoms with E-state index in [0.29, 0.717) is 5.56 Å². The number of benzene rings is 1. The number of hydrogen-bond donors (Lipinski definition) is 0. The molecule has 0 fully saturated rings. The van der Waals surface area contributed by atoms with Gasteiger partial charge in [0.1, 0.15) is 5.69 Å². The lowest BCUT2D eigenvalue weighted by molar-refractivity contribution is -0.125. The van der Waals surface area contributed by atoms with Crippen LogP contribution in [0.5, 0.6) is 5.88 Å². The number of amides is 2. The van der Waals surface area contributed by atoms with Crippen molar-refractivity contribution < 1.29 is 18.7 Å². The molecule has 1 aromatic carbocycles. The molecule has 2 aromatic heterocycles. The summed E-state index contributed by atoms with van der Waals surface area (Å²) in [5.41, 5.74) is 2.18. The highest BCUT2D eigenvalue weighted by Gasteiger charge is 2.42. The molecule has 7 nitrogen and oxygen atoms in total. The first-order valence-electron chi connectivity index (χ1n) is 9.44. The molecule has 1 unspecified atom stereocenters. The highest BCUT2D eigenvalue weighted by Crippen LogP contribution is 2.43. The van der Waals surface area contributed by atoms with Gasteiger partial charge in [-0.25, -0.2) is 4.39 Å². The van der Waals surface area contributed by atoms with Gasteiger partial charge in [0, 0.05) is 31.1 Å². The summed E-state index contributed by atoms with van der Waals surface area (Å²) in [7, 11) is 1.54. The van der Waals surface area contributed by atoms with Gasteiger partial charge < -0.3 is 9.64 Å². The first kappa shape index (κ1) is 18.2. The smallest absolute Gasteiger partial charge is 0.267 e. The van der Waals surface area contributed by atoms with E-state index in [1.807, 2.05) is 18.2 Å². The van der Waals surface area contributed by atoms with Crippen LogP contribution in [-0.2, 0) is 4.79 Å². The fraction of sp³-hybridized carbons (Fsp3) is 0.182. The molecule has 30 heavy (non-hydrogen) atoms. The number of aromatic nitrogens is 2. The van der Waals surface area contributed by atoms with Gasteiger partial charge in [-0.05, 0) is 30.2 Å². The van der Waals surface area contributed by atoms with E-state index in [-0.39, 0.29) is 29.2 Å². The number of fused-ring (bicyclic) bond motifs is 2.